The number of nitrogens with zero attached hydrogens (tertiary/aromatic N) is 4. The first-order chi connectivity index (χ1) is 13.0. The number of hydrogen-bond acceptors (Lipinski definition) is 6. The molecule has 3 heterocycles. The molecule has 3 aromatic rings. The fourth-order valence-corrected chi connectivity index (χ4v) is 4.99. The lowest BCUT2D eigenvalue weighted by Crippen LogP contribution is -2.43. The van der Waals surface area contributed by atoms with Gasteiger partial charge in [-0.25, -0.2) is 4.68 Å². The molecule has 6 nitrogen and oxygen atoms in total. The van der Waals surface area contributed by atoms with E-state index in [4.69, 9.17) is 28.2 Å². The molecule has 0 aliphatic carbocycles. The molecular weight excluding hydrogens is 404 g/mol. The van der Waals surface area contributed by atoms with Crippen molar-refractivity contribution in [1.29, 1.82) is 0 Å². The minimum Gasteiger partial charge on any atom is -0.408 e. The Hall–Kier alpha value is -1.74. The number of carbonyl (C=O) groups is 1. The van der Waals surface area contributed by atoms with Crippen molar-refractivity contribution in [3.8, 4) is 10.8 Å². The predicted molar refractivity (Wildman–Crippen MR) is 110 cm³/mol. The van der Waals surface area contributed by atoms with Crippen LogP contribution in [0.4, 0.5) is 0 Å². The van der Waals surface area contributed by atoms with Crippen molar-refractivity contribution < 1.29 is 9.21 Å². The van der Waals surface area contributed by atoms with Crippen LogP contribution in [0.5, 0.6) is 0 Å². The summed E-state index contributed by atoms with van der Waals surface area (Å²) in [6.07, 6.45) is 1.82. The fraction of sp³-hybridized carbons (Fsp3) is 0.389. The van der Waals surface area contributed by atoms with Crippen LogP contribution in [0.15, 0.2) is 28.7 Å². The van der Waals surface area contributed by atoms with Crippen molar-refractivity contribution >= 4 is 51.1 Å². The van der Waals surface area contributed by atoms with Crippen molar-refractivity contribution in [2.24, 2.45) is 0 Å². The Morgan fingerprint density at radius 3 is 2.96 bits per heavy atom. The number of fused-ring (bicyclic) bond motifs is 1. The van der Waals surface area contributed by atoms with Gasteiger partial charge < -0.3 is 9.32 Å². The number of rotatable bonds is 4. The molecule has 0 spiro atoms. The van der Waals surface area contributed by atoms with Gasteiger partial charge in [0, 0.05) is 30.7 Å². The van der Waals surface area contributed by atoms with Gasteiger partial charge in [0.15, 0.2) is 0 Å². The van der Waals surface area contributed by atoms with Crippen molar-refractivity contribution in [3.05, 3.63) is 34.1 Å². The van der Waals surface area contributed by atoms with E-state index in [2.05, 4.69) is 10.00 Å². The Kier molecular flexibility index (Phi) is 5.07. The second kappa shape index (κ2) is 7.35. The van der Waals surface area contributed by atoms with Crippen molar-refractivity contribution in [2.45, 2.75) is 25.6 Å². The Labute approximate surface area is 170 Å². The van der Waals surface area contributed by atoms with E-state index in [0.29, 0.717) is 17.6 Å². The van der Waals surface area contributed by atoms with Crippen molar-refractivity contribution in [1.82, 2.24) is 19.6 Å². The molecule has 1 atom stereocenters. The second-order valence-electron chi connectivity index (χ2n) is 6.76. The summed E-state index contributed by atoms with van der Waals surface area (Å²) < 4.78 is 8.44. The summed E-state index contributed by atoms with van der Waals surface area (Å²) in [5, 5.41) is 6.15. The molecule has 1 saturated heterocycles. The van der Waals surface area contributed by atoms with Gasteiger partial charge in [-0.15, -0.1) is 16.4 Å². The van der Waals surface area contributed by atoms with Crippen LogP contribution in [0.2, 0.25) is 5.02 Å². The van der Waals surface area contributed by atoms with Crippen LogP contribution in [-0.2, 0) is 11.5 Å². The number of hydrogen-bond donors (Lipinski definition) is 0. The third-order valence-corrected chi connectivity index (χ3v) is 6.70. The molecule has 9 heteroatoms. The van der Waals surface area contributed by atoms with E-state index in [-0.39, 0.29) is 16.8 Å². The molecule has 0 N–H and O–H groups in total. The van der Waals surface area contributed by atoms with Crippen molar-refractivity contribution in [3.63, 3.8) is 0 Å². The van der Waals surface area contributed by atoms with E-state index < -0.39 is 0 Å². The largest absolute Gasteiger partial charge is 0.408 e. The number of halogens is 1. The maximum absolute atomic E-state index is 12.4. The van der Waals surface area contributed by atoms with Gasteiger partial charge >= 0.3 is 0 Å². The molecule has 1 fully saturated rings. The Balaban J connectivity index is 1.63. The van der Waals surface area contributed by atoms with Gasteiger partial charge in [-0.2, -0.15) is 0 Å². The number of likely N-dealkylation sites (tertiary alicyclic amines) is 1. The number of carbonyl (C=O) groups excluding carboxylic acids is 1. The van der Waals surface area contributed by atoms with Gasteiger partial charge in [0.05, 0.1) is 17.7 Å². The normalized spacial score (nSPS) is 17.7. The predicted octanol–water partition coefficient (Wildman–Crippen LogP) is 4.25. The number of likely N-dealkylation sites (N-methyl/N-ethyl adjacent to an activating group) is 1. The molecule has 0 bridgehead atoms. The van der Waals surface area contributed by atoms with E-state index >= 15 is 0 Å². The maximum atomic E-state index is 12.4. The summed E-state index contributed by atoms with van der Waals surface area (Å²) in [5.74, 6) is 0.524. The van der Waals surface area contributed by atoms with E-state index in [1.807, 2.05) is 24.3 Å². The summed E-state index contributed by atoms with van der Waals surface area (Å²) in [4.78, 5) is 17.2. The third-order valence-electron chi connectivity index (χ3n) is 4.74. The smallest absolute Gasteiger partial charge is 0.288 e. The number of thiophene rings is 1. The SMILES string of the molecule is CN(C)C(=O)C1CCCN1Cn1nc(-c2sc3ccccc3c2Cl)oc1=S. The fourth-order valence-electron chi connectivity index (χ4n) is 3.38. The summed E-state index contributed by atoms with van der Waals surface area (Å²) in [6, 6.07) is 7.78. The summed E-state index contributed by atoms with van der Waals surface area (Å²) in [5.41, 5.74) is 0. The van der Waals surface area contributed by atoms with Gasteiger partial charge in [0.25, 0.3) is 10.7 Å². The van der Waals surface area contributed by atoms with Gasteiger partial charge in [-0.05, 0) is 31.1 Å². The Morgan fingerprint density at radius 2 is 2.22 bits per heavy atom. The molecule has 142 valence electrons. The highest BCUT2D eigenvalue weighted by Gasteiger charge is 2.32. The van der Waals surface area contributed by atoms with Crippen LogP contribution >= 0.6 is 35.2 Å². The highest BCUT2D eigenvalue weighted by molar-refractivity contribution is 7.71. The van der Waals surface area contributed by atoms with Crippen LogP contribution in [0.1, 0.15) is 12.8 Å². The Morgan fingerprint density at radius 1 is 1.44 bits per heavy atom. The zero-order valence-electron chi connectivity index (χ0n) is 15.0. The standard InChI is InChI=1S/C18H19ClN4O2S2/c1-21(2)17(24)12-7-5-9-22(12)10-23-18(26)25-16(20-23)15-14(19)11-6-3-4-8-13(11)27-15/h3-4,6,8,12H,5,7,9-10H2,1-2H3. The maximum Gasteiger partial charge on any atom is 0.288 e. The molecular formula is C18H19ClN4O2S2. The van der Waals surface area contributed by atoms with Crippen molar-refractivity contribution in [2.75, 3.05) is 20.6 Å². The van der Waals surface area contributed by atoms with Crippen LogP contribution in [0, 0.1) is 4.84 Å². The zero-order valence-corrected chi connectivity index (χ0v) is 17.4. The molecule has 1 aliphatic rings. The van der Waals surface area contributed by atoms with Crippen LogP contribution in [-0.4, -0.2) is 52.2 Å². The summed E-state index contributed by atoms with van der Waals surface area (Å²) in [7, 11) is 3.56. The Bertz CT molecular complexity index is 1060. The zero-order chi connectivity index (χ0) is 19.1. The van der Waals surface area contributed by atoms with E-state index in [9.17, 15) is 4.79 Å². The van der Waals surface area contributed by atoms with Gasteiger partial charge in [-0.1, -0.05) is 29.8 Å². The third kappa shape index (κ3) is 3.42. The number of amides is 1. The molecule has 2 aromatic heterocycles. The first kappa shape index (κ1) is 18.6. The molecule has 1 aliphatic heterocycles. The lowest BCUT2D eigenvalue weighted by atomic mass is 10.2. The molecule has 1 aromatic carbocycles. The molecule has 1 unspecified atom stereocenters. The van der Waals surface area contributed by atoms with Crippen LogP contribution in [0.3, 0.4) is 0 Å². The highest BCUT2D eigenvalue weighted by Crippen LogP contribution is 2.41. The first-order valence-corrected chi connectivity index (χ1v) is 10.3. The van der Waals surface area contributed by atoms with Crippen LogP contribution in [0.25, 0.3) is 20.9 Å². The van der Waals surface area contributed by atoms with E-state index in [1.54, 1.807) is 23.7 Å². The van der Waals surface area contributed by atoms with Gasteiger partial charge in [-0.3, -0.25) is 9.69 Å². The minimum absolute atomic E-state index is 0.107. The van der Waals surface area contributed by atoms with E-state index in [0.717, 1.165) is 34.3 Å². The highest BCUT2D eigenvalue weighted by atomic mass is 35.5. The number of benzene rings is 1. The first-order valence-electron chi connectivity index (χ1n) is 8.66. The average Bonchev–Trinajstić information content (AvgIpc) is 3.34. The van der Waals surface area contributed by atoms with E-state index in [1.165, 1.54) is 11.3 Å². The molecule has 0 radical (unpaired) electrons. The van der Waals surface area contributed by atoms with Crippen LogP contribution < -0.4 is 0 Å². The lowest BCUT2D eigenvalue weighted by Gasteiger charge is -2.25. The quantitative estimate of drug-likeness (QED) is 0.588. The topological polar surface area (TPSA) is 54.5 Å². The minimum atomic E-state index is -0.144. The average molecular weight is 423 g/mol. The monoisotopic (exact) mass is 422 g/mol. The molecule has 0 saturated carbocycles. The van der Waals surface area contributed by atoms with Gasteiger partial charge in [0.1, 0.15) is 4.88 Å². The molecule has 1 amide bonds. The molecule has 4 rings (SSSR count). The molecule has 27 heavy (non-hydrogen) atoms. The summed E-state index contributed by atoms with van der Waals surface area (Å²) in [6.45, 7) is 1.26. The van der Waals surface area contributed by atoms with Gasteiger partial charge in [0.2, 0.25) is 5.91 Å². The lowest BCUT2D eigenvalue weighted by molar-refractivity contribution is -0.134. The summed E-state index contributed by atoms with van der Waals surface area (Å²) >= 11 is 13.4. The second-order valence-corrected chi connectivity index (χ2v) is 8.54. The number of aromatic nitrogens is 2.